The summed E-state index contributed by atoms with van der Waals surface area (Å²) in [7, 11) is 4.07. The van der Waals surface area contributed by atoms with Gasteiger partial charge in [0.1, 0.15) is 0 Å². The van der Waals surface area contributed by atoms with Gasteiger partial charge in [0.25, 0.3) is 5.91 Å². The molecule has 0 radical (unpaired) electrons. The Kier molecular flexibility index (Phi) is 7.27. The molecule has 2 amide bonds. The van der Waals surface area contributed by atoms with E-state index in [1.54, 1.807) is 0 Å². The molecule has 3 rings (SSSR count). The topological polar surface area (TPSA) is 52.7 Å². The van der Waals surface area contributed by atoms with Gasteiger partial charge in [-0.05, 0) is 58.5 Å². The van der Waals surface area contributed by atoms with Crippen LogP contribution in [0.15, 0.2) is 48.5 Å². The van der Waals surface area contributed by atoms with Gasteiger partial charge in [0.05, 0.1) is 6.04 Å². The standard InChI is InChI=1S/C25H33N3O2/c1-18-5-9-20(10-6-18)23(27(3)4)17-26-24(29)21-13-15-28(16-14-21)25(30)22-11-7-19(2)8-12-22/h5-12,21,23H,13-17H2,1-4H3,(H,26,29). The van der Waals surface area contributed by atoms with Gasteiger partial charge < -0.3 is 15.1 Å². The Hall–Kier alpha value is -2.66. The zero-order valence-electron chi connectivity index (χ0n) is 18.5. The van der Waals surface area contributed by atoms with Gasteiger partial charge in [-0.2, -0.15) is 0 Å². The van der Waals surface area contributed by atoms with Gasteiger partial charge >= 0.3 is 0 Å². The fourth-order valence-corrected chi connectivity index (χ4v) is 3.95. The number of rotatable bonds is 6. The van der Waals surface area contributed by atoms with Crippen LogP contribution < -0.4 is 5.32 Å². The first-order valence-corrected chi connectivity index (χ1v) is 10.7. The highest BCUT2D eigenvalue weighted by Gasteiger charge is 2.28. The van der Waals surface area contributed by atoms with Gasteiger partial charge in [0.2, 0.25) is 5.91 Å². The Labute approximate surface area is 180 Å². The number of nitrogens with one attached hydrogen (secondary N) is 1. The molecule has 1 unspecified atom stereocenters. The Morgan fingerprint density at radius 1 is 0.967 bits per heavy atom. The predicted octanol–water partition coefficient (Wildman–Crippen LogP) is 3.57. The first-order chi connectivity index (χ1) is 14.3. The third-order valence-electron chi connectivity index (χ3n) is 6.01. The second-order valence-corrected chi connectivity index (χ2v) is 8.57. The second kappa shape index (κ2) is 9.90. The van der Waals surface area contributed by atoms with Gasteiger partial charge in [0.15, 0.2) is 0 Å². The molecule has 0 spiro atoms. The quantitative estimate of drug-likeness (QED) is 0.796. The molecule has 160 valence electrons. The molecule has 0 saturated carbocycles. The minimum Gasteiger partial charge on any atom is -0.354 e. The van der Waals surface area contributed by atoms with Crippen LogP contribution in [0.5, 0.6) is 0 Å². The molecule has 30 heavy (non-hydrogen) atoms. The average molecular weight is 408 g/mol. The number of likely N-dealkylation sites (tertiary alicyclic amines) is 1. The first-order valence-electron chi connectivity index (χ1n) is 10.7. The first kappa shape index (κ1) is 22.0. The largest absolute Gasteiger partial charge is 0.354 e. The van der Waals surface area contributed by atoms with E-state index >= 15 is 0 Å². The molecule has 1 atom stereocenters. The number of carbonyl (C=O) groups is 2. The van der Waals surface area contributed by atoms with Gasteiger partial charge in [0, 0.05) is 31.1 Å². The third-order valence-corrected chi connectivity index (χ3v) is 6.01. The van der Waals surface area contributed by atoms with Crippen molar-refractivity contribution in [3.8, 4) is 0 Å². The van der Waals surface area contributed by atoms with E-state index in [0.29, 0.717) is 32.5 Å². The Balaban J connectivity index is 1.51. The molecule has 0 aliphatic carbocycles. The normalized spacial score (nSPS) is 15.8. The van der Waals surface area contributed by atoms with Crippen LogP contribution in [0, 0.1) is 19.8 Å². The summed E-state index contributed by atoms with van der Waals surface area (Å²) in [6.45, 7) is 5.92. The minimum atomic E-state index is -0.0344. The maximum Gasteiger partial charge on any atom is 0.253 e. The van der Waals surface area contributed by atoms with Crippen LogP contribution in [0.3, 0.4) is 0 Å². The summed E-state index contributed by atoms with van der Waals surface area (Å²) < 4.78 is 0. The van der Waals surface area contributed by atoms with Crippen molar-refractivity contribution in [1.29, 1.82) is 0 Å². The summed E-state index contributed by atoms with van der Waals surface area (Å²) in [5, 5.41) is 3.14. The lowest BCUT2D eigenvalue weighted by molar-refractivity contribution is -0.126. The molecular weight excluding hydrogens is 374 g/mol. The number of hydrogen-bond acceptors (Lipinski definition) is 3. The number of amides is 2. The average Bonchev–Trinajstić information content (AvgIpc) is 2.75. The molecule has 1 fully saturated rings. The van der Waals surface area contributed by atoms with Gasteiger partial charge in [-0.1, -0.05) is 47.5 Å². The van der Waals surface area contributed by atoms with Crippen molar-refractivity contribution in [3.63, 3.8) is 0 Å². The number of benzene rings is 2. The van der Waals surface area contributed by atoms with Crippen LogP contribution in [-0.2, 0) is 4.79 Å². The number of piperidine rings is 1. The summed E-state index contributed by atoms with van der Waals surface area (Å²) in [5.74, 6) is 0.116. The Morgan fingerprint density at radius 3 is 2.03 bits per heavy atom. The molecular formula is C25H33N3O2. The van der Waals surface area contributed by atoms with E-state index in [2.05, 4.69) is 41.4 Å². The van der Waals surface area contributed by atoms with E-state index in [1.807, 2.05) is 50.2 Å². The molecule has 1 aliphatic rings. The lowest BCUT2D eigenvalue weighted by Crippen LogP contribution is -2.44. The minimum absolute atomic E-state index is 0.0344. The lowest BCUT2D eigenvalue weighted by Gasteiger charge is -2.32. The maximum absolute atomic E-state index is 12.8. The van der Waals surface area contributed by atoms with Crippen LogP contribution in [0.4, 0.5) is 0 Å². The highest BCUT2D eigenvalue weighted by atomic mass is 16.2. The highest BCUT2D eigenvalue weighted by Crippen LogP contribution is 2.21. The molecule has 5 heteroatoms. The van der Waals surface area contributed by atoms with E-state index in [0.717, 1.165) is 11.1 Å². The van der Waals surface area contributed by atoms with E-state index in [1.165, 1.54) is 11.1 Å². The van der Waals surface area contributed by atoms with Crippen molar-refractivity contribution >= 4 is 11.8 Å². The summed E-state index contributed by atoms with van der Waals surface area (Å²) in [6.07, 6.45) is 1.42. The fourth-order valence-electron chi connectivity index (χ4n) is 3.95. The number of likely N-dealkylation sites (N-methyl/N-ethyl adjacent to an activating group) is 1. The summed E-state index contributed by atoms with van der Waals surface area (Å²) >= 11 is 0. The number of carbonyl (C=O) groups excluding carboxylic acids is 2. The van der Waals surface area contributed by atoms with Crippen LogP contribution in [0.1, 0.15) is 45.9 Å². The smallest absolute Gasteiger partial charge is 0.253 e. The van der Waals surface area contributed by atoms with Crippen molar-refractivity contribution in [2.45, 2.75) is 32.7 Å². The molecule has 1 heterocycles. The predicted molar refractivity (Wildman–Crippen MR) is 120 cm³/mol. The lowest BCUT2D eigenvalue weighted by atomic mass is 9.95. The molecule has 1 saturated heterocycles. The molecule has 2 aromatic rings. The van der Waals surface area contributed by atoms with Crippen molar-refractivity contribution in [3.05, 3.63) is 70.8 Å². The SMILES string of the molecule is Cc1ccc(C(=O)N2CCC(C(=O)NCC(c3ccc(C)cc3)N(C)C)CC2)cc1. The zero-order valence-corrected chi connectivity index (χ0v) is 18.5. The maximum atomic E-state index is 12.8. The molecule has 0 aromatic heterocycles. The molecule has 5 nitrogen and oxygen atoms in total. The van der Waals surface area contributed by atoms with Crippen molar-refractivity contribution in [1.82, 2.24) is 15.1 Å². The Bertz CT molecular complexity index is 851. The molecule has 0 bridgehead atoms. The van der Waals surface area contributed by atoms with Gasteiger partial charge in [-0.15, -0.1) is 0 Å². The van der Waals surface area contributed by atoms with E-state index < -0.39 is 0 Å². The van der Waals surface area contributed by atoms with Crippen LogP contribution >= 0.6 is 0 Å². The van der Waals surface area contributed by atoms with Gasteiger partial charge in [-0.3, -0.25) is 9.59 Å². The Morgan fingerprint density at radius 2 is 1.50 bits per heavy atom. The van der Waals surface area contributed by atoms with Gasteiger partial charge in [-0.25, -0.2) is 0 Å². The van der Waals surface area contributed by atoms with Crippen LogP contribution in [0.25, 0.3) is 0 Å². The third kappa shape index (κ3) is 5.48. The van der Waals surface area contributed by atoms with E-state index in [9.17, 15) is 9.59 Å². The number of aryl methyl sites for hydroxylation is 2. The monoisotopic (exact) mass is 407 g/mol. The van der Waals surface area contributed by atoms with Crippen LogP contribution in [0.2, 0.25) is 0 Å². The van der Waals surface area contributed by atoms with E-state index in [4.69, 9.17) is 0 Å². The molecule has 1 aliphatic heterocycles. The molecule has 2 aromatic carbocycles. The van der Waals surface area contributed by atoms with Crippen LogP contribution in [-0.4, -0.2) is 55.3 Å². The number of hydrogen-bond donors (Lipinski definition) is 1. The second-order valence-electron chi connectivity index (χ2n) is 8.57. The van der Waals surface area contributed by atoms with Crippen molar-refractivity contribution in [2.24, 2.45) is 5.92 Å². The zero-order chi connectivity index (χ0) is 21.7. The summed E-state index contributed by atoms with van der Waals surface area (Å²) in [4.78, 5) is 29.4. The van der Waals surface area contributed by atoms with Crippen molar-refractivity contribution in [2.75, 3.05) is 33.7 Å². The van der Waals surface area contributed by atoms with Crippen molar-refractivity contribution < 1.29 is 9.59 Å². The number of nitrogens with zero attached hydrogens (tertiary/aromatic N) is 2. The summed E-state index contributed by atoms with van der Waals surface area (Å²) in [5.41, 5.74) is 4.29. The highest BCUT2D eigenvalue weighted by molar-refractivity contribution is 5.94. The summed E-state index contributed by atoms with van der Waals surface area (Å²) in [6, 6.07) is 16.3. The van der Waals surface area contributed by atoms with E-state index in [-0.39, 0.29) is 23.8 Å². The molecule has 1 N–H and O–H groups in total. The fraction of sp³-hybridized carbons (Fsp3) is 0.440.